The first kappa shape index (κ1) is 20.7. The van der Waals surface area contributed by atoms with Gasteiger partial charge >= 0.3 is 0 Å². The van der Waals surface area contributed by atoms with Gasteiger partial charge in [-0.15, -0.1) is 0 Å². The van der Waals surface area contributed by atoms with Gasteiger partial charge in [0.15, 0.2) is 0 Å². The molecule has 0 bridgehead atoms. The first-order chi connectivity index (χ1) is 15.7. The average molecular weight is 429 g/mol. The normalized spacial score (nSPS) is 19.1. The SMILES string of the molecule is Cc1nc([C@H]2CCCCN2Cc2ccncc2)nc2c1CCC(=O)N2Cc1ccccn1. The van der Waals surface area contributed by atoms with Gasteiger partial charge in [-0.25, -0.2) is 9.97 Å². The number of nitrogens with zero attached hydrogens (tertiary/aromatic N) is 6. The number of fused-ring (bicyclic) bond motifs is 1. The lowest BCUT2D eigenvalue weighted by Gasteiger charge is -2.36. The Morgan fingerprint density at radius 2 is 1.88 bits per heavy atom. The summed E-state index contributed by atoms with van der Waals surface area (Å²) in [6.07, 6.45) is 10.00. The van der Waals surface area contributed by atoms with E-state index >= 15 is 0 Å². The number of aryl methyl sites for hydroxylation is 1. The molecule has 5 rings (SSSR count). The fourth-order valence-electron chi connectivity index (χ4n) is 4.76. The zero-order valence-electron chi connectivity index (χ0n) is 18.4. The van der Waals surface area contributed by atoms with E-state index in [9.17, 15) is 4.79 Å². The first-order valence-electron chi connectivity index (χ1n) is 11.4. The molecule has 3 aromatic heterocycles. The summed E-state index contributed by atoms with van der Waals surface area (Å²) >= 11 is 0. The van der Waals surface area contributed by atoms with Crippen LogP contribution in [0.1, 0.15) is 60.1 Å². The van der Waals surface area contributed by atoms with Crippen LogP contribution in [0, 0.1) is 6.92 Å². The van der Waals surface area contributed by atoms with Crippen LogP contribution in [0.2, 0.25) is 0 Å². The monoisotopic (exact) mass is 428 g/mol. The van der Waals surface area contributed by atoms with Crippen molar-refractivity contribution in [3.8, 4) is 0 Å². The van der Waals surface area contributed by atoms with Crippen LogP contribution in [0.4, 0.5) is 5.82 Å². The van der Waals surface area contributed by atoms with Crippen LogP contribution in [0.3, 0.4) is 0 Å². The van der Waals surface area contributed by atoms with E-state index in [1.165, 1.54) is 12.0 Å². The average Bonchev–Trinajstić information content (AvgIpc) is 2.82. The second kappa shape index (κ2) is 9.12. The van der Waals surface area contributed by atoms with E-state index in [-0.39, 0.29) is 11.9 Å². The minimum absolute atomic E-state index is 0.101. The maximum absolute atomic E-state index is 12.9. The topological polar surface area (TPSA) is 75.1 Å². The van der Waals surface area contributed by atoms with Crippen LogP contribution in [0.25, 0.3) is 0 Å². The summed E-state index contributed by atoms with van der Waals surface area (Å²) < 4.78 is 0. The van der Waals surface area contributed by atoms with Gasteiger partial charge in [0.05, 0.1) is 18.3 Å². The molecule has 2 aliphatic heterocycles. The number of carbonyl (C=O) groups excluding carboxylic acids is 1. The third-order valence-corrected chi connectivity index (χ3v) is 6.45. The Hall–Kier alpha value is -3.19. The highest BCUT2D eigenvalue weighted by atomic mass is 16.2. The number of amides is 1. The number of hydrogen-bond donors (Lipinski definition) is 0. The number of piperidine rings is 1. The molecule has 0 radical (unpaired) electrons. The number of pyridine rings is 2. The van der Waals surface area contributed by atoms with Gasteiger partial charge in [0, 0.05) is 42.8 Å². The summed E-state index contributed by atoms with van der Waals surface area (Å²) in [5.74, 6) is 1.70. The second-order valence-electron chi connectivity index (χ2n) is 8.61. The zero-order chi connectivity index (χ0) is 21.9. The summed E-state index contributed by atoms with van der Waals surface area (Å²) in [6.45, 7) is 4.36. The van der Waals surface area contributed by atoms with Crippen molar-refractivity contribution in [2.75, 3.05) is 11.4 Å². The van der Waals surface area contributed by atoms with Crippen LogP contribution in [0.15, 0.2) is 48.9 Å². The lowest BCUT2D eigenvalue weighted by atomic mass is 9.98. The predicted molar refractivity (Wildman–Crippen MR) is 122 cm³/mol. The Morgan fingerprint density at radius 1 is 1.00 bits per heavy atom. The number of rotatable bonds is 5. The van der Waals surface area contributed by atoms with Gasteiger partial charge in [0.25, 0.3) is 0 Å². The van der Waals surface area contributed by atoms with E-state index < -0.39 is 0 Å². The number of hydrogen-bond acceptors (Lipinski definition) is 6. The third-order valence-electron chi connectivity index (χ3n) is 6.45. The number of likely N-dealkylation sites (tertiary alicyclic amines) is 1. The van der Waals surface area contributed by atoms with Crippen LogP contribution < -0.4 is 4.90 Å². The van der Waals surface area contributed by atoms with Crippen molar-refractivity contribution in [3.63, 3.8) is 0 Å². The minimum atomic E-state index is 0.101. The lowest BCUT2D eigenvalue weighted by Crippen LogP contribution is -2.38. The molecule has 164 valence electrons. The predicted octanol–water partition coefficient (Wildman–Crippen LogP) is 3.78. The highest BCUT2D eigenvalue weighted by Gasteiger charge is 2.32. The van der Waals surface area contributed by atoms with E-state index in [1.54, 1.807) is 11.1 Å². The Balaban J connectivity index is 1.48. The maximum Gasteiger partial charge on any atom is 0.228 e. The Bertz CT molecular complexity index is 1090. The van der Waals surface area contributed by atoms with Gasteiger partial charge in [-0.2, -0.15) is 0 Å². The third kappa shape index (κ3) is 4.25. The smallest absolute Gasteiger partial charge is 0.228 e. The Kier molecular flexibility index (Phi) is 5.90. The van der Waals surface area contributed by atoms with Crippen molar-refractivity contribution >= 4 is 11.7 Å². The molecule has 1 atom stereocenters. The summed E-state index contributed by atoms with van der Waals surface area (Å²) in [5.41, 5.74) is 4.18. The summed E-state index contributed by atoms with van der Waals surface area (Å²) in [6, 6.07) is 10.1. The molecule has 0 aromatic carbocycles. The highest BCUT2D eigenvalue weighted by molar-refractivity contribution is 5.95. The molecule has 7 nitrogen and oxygen atoms in total. The van der Waals surface area contributed by atoms with Crippen molar-refractivity contribution in [1.29, 1.82) is 0 Å². The molecule has 0 saturated carbocycles. The maximum atomic E-state index is 12.9. The van der Waals surface area contributed by atoms with Gasteiger partial charge in [0.1, 0.15) is 11.6 Å². The molecular weight excluding hydrogens is 400 g/mol. The quantitative estimate of drug-likeness (QED) is 0.616. The lowest BCUT2D eigenvalue weighted by molar-refractivity contribution is -0.119. The molecule has 1 saturated heterocycles. The molecule has 3 aromatic rings. The van der Waals surface area contributed by atoms with Crippen molar-refractivity contribution < 1.29 is 4.79 Å². The molecule has 7 heteroatoms. The molecule has 0 spiro atoms. The number of carbonyl (C=O) groups is 1. The van der Waals surface area contributed by atoms with Crippen LogP contribution >= 0.6 is 0 Å². The van der Waals surface area contributed by atoms with E-state index in [0.717, 1.165) is 54.5 Å². The standard InChI is InChI=1S/C25H28N6O/c1-18-21-8-9-23(32)31(17-20-6-2-4-12-27-20)25(21)29-24(28-18)22-7-3-5-15-30(22)16-19-10-13-26-14-11-19/h2,4,6,10-14,22H,3,5,7-9,15-17H2,1H3/t22-/m1/s1. The van der Waals surface area contributed by atoms with E-state index in [0.29, 0.717) is 19.4 Å². The molecule has 5 heterocycles. The van der Waals surface area contributed by atoms with Gasteiger partial charge in [-0.1, -0.05) is 12.5 Å². The molecule has 32 heavy (non-hydrogen) atoms. The van der Waals surface area contributed by atoms with Gasteiger partial charge in [-0.3, -0.25) is 24.6 Å². The second-order valence-corrected chi connectivity index (χ2v) is 8.61. The molecule has 0 N–H and O–H groups in total. The van der Waals surface area contributed by atoms with Crippen LogP contribution in [0.5, 0.6) is 0 Å². The van der Waals surface area contributed by atoms with Crippen molar-refractivity contribution in [3.05, 3.63) is 77.3 Å². The molecule has 0 aliphatic carbocycles. The fourth-order valence-corrected chi connectivity index (χ4v) is 4.76. The van der Waals surface area contributed by atoms with Crippen molar-refractivity contribution in [2.45, 2.75) is 58.2 Å². The van der Waals surface area contributed by atoms with Crippen LogP contribution in [-0.2, 0) is 24.3 Å². The molecular formula is C25H28N6O. The summed E-state index contributed by atoms with van der Waals surface area (Å²) in [7, 11) is 0. The summed E-state index contributed by atoms with van der Waals surface area (Å²) in [5, 5.41) is 0. The largest absolute Gasteiger partial charge is 0.290 e. The number of aromatic nitrogens is 4. The Labute approximate surface area is 188 Å². The van der Waals surface area contributed by atoms with E-state index in [4.69, 9.17) is 9.97 Å². The fraction of sp³-hybridized carbons (Fsp3) is 0.400. The molecule has 1 amide bonds. The van der Waals surface area contributed by atoms with E-state index in [2.05, 4.69) is 33.9 Å². The van der Waals surface area contributed by atoms with Crippen molar-refractivity contribution in [2.24, 2.45) is 0 Å². The zero-order valence-corrected chi connectivity index (χ0v) is 18.4. The highest BCUT2D eigenvalue weighted by Crippen LogP contribution is 2.35. The molecule has 0 unspecified atom stereocenters. The van der Waals surface area contributed by atoms with Crippen LogP contribution in [-0.4, -0.2) is 37.3 Å². The van der Waals surface area contributed by atoms with E-state index in [1.807, 2.05) is 30.6 Å². The van der Waals surface area contributed by atoms with Gasteiger partial charge in [0.2, 0.25) is 5.91 Å². The van der Waals surface area contributed by atoms with Gasteiger partial charge < -0.3 is 0 Å². The minimum Gasteiger partial charge on any atom is -0.290 e. The van der Waals surface area contributed by atoms with Crippen molar-refractivity contribution in [1.82, 2.24) is 24.8 Å². The number of anilines is 1. The Morgan fingerprint density at radius 3 is 2.69 bits per heavy atom. The first-order valence-corrected chi connectivity index (χ1v) is 11.4. The summed E-state index contributed by atoms with van der Waals surface area (Å²) in [4.78, 5) is 35.7. The molecule has 2 aliphatic rings. The van der Waals surface area contributed by atoms with Gasteiger partial charge in [-0.05, 0) is 62.6 Å². The molecule has 1 fully saturated rings.